The van der Waals surface area contributed by atoms with Gasteiger partial charge in [0.05, 0.1) is 0 Å². The average Bonchev–Trinajstić information content (AvgIpc) is 3.83. The van der Waals surface area contributed by atoms with Crippen LogP contribution in [0.5, 0.6) is 0 Å². The number of benzene rings is 8. The first-order chi connectivity index (χ1) is 28.7. The Hall–Kier alpha value is -7.21. The minimum absolute atomic E-state index is 0.652. The summed E-state index contributed by atoms with van der Waals surface area (Å²) in [5, 5.41) is 5.06. The van der Waals surface area contributed by atoms with Crippen LogP contribution in [0.3, 0.4) is 0 Å². The van der Waals surface area contributed by atoms with Crippen molar-refractivity contribution in [2.45, 2.75) is 13.0 Å². The van der Waals surface area contributed by atoms with Crippen molar-refractivity contribution >= 4 is 53.3 Å². The summed E-state index contributed by atoms with van der Waals surface area (Å²) in [5.41, 5.74) is 11.5. The molecule has 0 atom stereocenters. The first kappa shape index (κ1) is 34.1. The van der Waals surface area contributed by atoms with E-state index in [1.807, 2.05) is 0 Å². The molecule has 0 saturated carbocycles. The smallest absolute Gasteiger partial charge is 0.165 e. The molecule has 3 heterocycles. The molecule has 8 aromatic carbocycles. The van der Waals surface area contributed by atoms with E-state index >= 15 is 0 Å². The fraction of sp³-hybridized carbons (Fsp3) is 0.0377. The minimum atomic E-state index is 0.652. The SMILES string of the molecule is c1ccc(Cc2cccc(-c3nc(-c4ccc(-c5ccc(Cn6c7ccccc7c7ccccc76)cc5)cc4)nc(-c4cccc5c4sc4ccccc45)n3)c2)cc1. The van der Waals surface area contributed by atoms with E-state index < -0.39 is 0 Å². The number of para-hydroxylation sites is 2. The number of nitrogens with zero attached hydrogens (tertiary/aromatic N) is 4. The van der Waals surface area contributed by atoms with Gasteiger partial charge in [0.2, 0.25) is 0 Å². The van der Waals surface area contributed by atoms with E-state index in [0.29, 0.717) is 17.5 Å². The van der Waals surface area contributed by atoms with Crippen LogP contribution in [0.2, 0.25) is 0 Å². The third kappa shape index (κ3) is 6.23. The zero-order valence-electron chi connectivity index (χ0n) is 31.6. The lowest BCUT2D eigenvalue weighted by Crippen LogP contribution is -2.01. The standard InChI is InChI=1S/C53H36N4S/c1-2-12-35(13-3-1)32-37-14-10-15-41(33-37)52-54-51(55-53(56-52)46-20-11-19-45-44-18-6-9-23-49(44)58-50(45)46)40-30-28-39(29-31-40)38-26-24-36(25-27-38)34-57-47-21-7-4-16-42(47)43-17-5-8-22-48(43)57/h1-31,33H,32,34H2. The van der Waals surface area contributed by atoms with Crippen molar-refractivity contribution in [3.63, 3.8) is 0 Å². The van der Waals surface area contributed by atoms with E-state index in [-0.39, 0.29) is 0 Å². The average molecular weight is 761 g/mol. The van der Waals surface area contributed by atoms with E-state index in [4.69, 9.17) is 15.0 Å². The predicted molar refractivity (Wildman–Crippen MR) is 242 cm³/mol. The van der Waals surface area contributed by atoms with Gasteiger partial charge in [-0.05, 0) is 64.6 Å². The molecule has 3 aromatic heterocycles. The molecule has 0 unspecified atom stereocenters. The lowest BCUT2D eigenvalue weighted by atomic mass is 10.0. The van der Waals surface area contributed by atoms with Crippen LogP contribution in [0.1, 0.15) is 16.7 Å². The van der Waals surface area contributed by atoms with Crippen LogP contribution in [0, 0.1) is 0 Å². The number of thiophene rings is 1. The number of fused-ring (bicyclic) bond motifs is 6. The van der Waals surface area contributed by atoms with Gasteiger partial charge < -0.3 is 4.57 Å². The topological polar surface area (TPSA) is 43.6 Å². The van der Waals surface area contributed by atoms with Gasteiger partial charge in [0, 0.05) is 65.2 Å². The second-order valence-corrected chi connectivity index (χ2v) is 15.9. The van der Waals surface area contributed by atoms with Crippen molar-refractivity contribution in [3.05, 3.63) is 211 Å². The summed E-state index contributed by atoms with van der Waals surface area (Å²) in [6, 6.07) is 69.1. The van der Waals surface area contributed by atoms with Crippen molar-refractivity contribution in [1.29, 1.82) is 0 Å². The fourth-order valence-electron chi connectivity index (χ4n) is 8.30. The number of hydrogen-bond donors (Lipinski definition) is 0. The summed E-state index contributed by atoms with van der Waals surface area (Å²) in [7, 11) is 0. The molecule has 0 fully saturated rings. The molecule has 0 saturated heterocycles. The van der Waals surface area contributed by atoms with E-state index in [9.17, 15) is 0 Å². The van der Waals surface area contributed by atoms with Gasteiger partial charge >= 0.3 is 0 Å². The Balaban J connectivity index is 0.947. The van der Waals surface area contributed by atoms with Crippen molar-refractivity contribution in [2.75, 3.05) is 0 Å². The molecular formula is C53H36N4S. The van der Waals surface area contributed by atoms with Gasteiger partial charge in [-0.3, -0.25) is 0 Å². The molecule has 0 bridgehead atoms. The van der Waals surface area contributed by atoms with Gasteiger partial charge in [0.1, 0.15) is 0 Å². The van der Waals surface area contributed by atoms with Crippen molar-refractivity contribution < 1.29 is 0 Å². The number of rotatable bonds is 8. The Bertz CT molecular complexity index is 3220. The summed E-state index contributed by atoms with van der Waals surface area (Å²) in [5.74, 6) is 1.99. The molecule has 0 aliphatic rings. The molecule has 0 radical (unpaired) electrons. The zero-order valence-corrected chi connectivity index (χ0v) is 32.4. The maximum absolute atomic E-state index is 5.18. The van der Waals surface area contributed by atoms with Crippen LogP contribution in [-0.2, 0) is 13.0 Å². The molecule has 0 aliphatic carbocycles. The second kappa shape index (κ2) is 14.4. The molecule has 0 aliphatic heterocycles. The maximum atomic E-state index is 5.18. The molecule has 5 heteroatoms. The van der Waals surface area contributed by atoms with E-state index in [1.54, 1.807) is 11.3 Å². The Kier molecular flexibility index (Phi) is 8.45. The molecule has 58 heavy (non-hydrogen) atoms. The lowest BCUT2D eigenvalue weighted by Gasteiger charge is -2.11. The summed E-state index contributed by atoms with van der Waals surface area (Å²) in [4.78, 5) is 15.5. The quantitative estimate of drug-likeness (QED) is 0.155. The highest BCUT2D eigenvalue weighted by Gasteiger charge is 2.17. The molecule has 4 nitrogen and oxygen atoms in total. The normalized spacial score (nSPS) is 11.6. The van der Waals surface area contributed by atoms with Crippen molar-refractivity contribution in [2.24, 2.45) is 0 Å². The van der Waals surface area contributed by atoms with Crippen LogP contribution in [-0.4, -0.2) is 19.5 Å². The largest absolute Gasteiger partial charge is 0.336 e. The van der Waals surface area contributed by atoms with Crippen LogP contribution in [0.4, 0.5) is 0 Å². The monoisotopic (exact) mass is 760 g/mol. The van der Waals surface area contributed by atoms with Gasteiger partial charge in [0.15, 0.2) is 17.5 Å². The molecule has 0 amide bonds. The summed E-state index contributed by atoms with van der Waals surface area (Å²) >= 11 is 1.79. The van der Waals surface area contributed by atoms with E-state index in [1.165, 1.54) is 64.2 Å². The summed E-state index contributed by atoms with van der Waals surface area (Å²) in [6.07, 6.45) is 0.836. The van der Waals surface area contributed by atoms with Crippen molar-refractivity contribution in [1.82, 2.24) is 19.5 Å². The molecular weight excluding hydrogens is 725 g/mol. The zero-order chi connectivity index (χ0) is 38.4. The highest BCUT2D eigenvalue weighted by atomic mass is 32.1. The highest BCUT2D eigenvalue weighted by Crippen LogP contribution is 2.40. The molecule has 0 N–H and O–H groups in total. The van der Waals surface area contributed by atoms with Crippen LogP contribution < -0.4 is 0 Å². The third-order valence-electron chi connectivity index (χ3n) is 11.2. The first-order valence-electron chi connectivity index (χ1n) is 19.7. The third-order valence-corrected chi connectivity index (χ3v) is 12.4. The van der Waals surface area contributed by atoms with Gasteiger partial charge in [-0.1, -0.05) is 164 Å². The van der Waals surface area contributed by atoms with E-state index in [2.05, 4.69) is 199 Å². The first-order valence-corrected chi connectivity index (χ1v) is 20.5. The number of aromatic nitrogens is 4. The fourth-order valence-corrected chi connectivity index (χ4v) is 9.51. The Morgan fingerprint density at radius 2 is 0.931 bits per heavy atom. The maximum Gasteiger partial charge on any atom is 0.165 e. The van der Waals surface area contributed by atoms with Crippen LogP contribution in [0.15, 0.2) is 194 Å². The lowest BCUT2D eigenvalue weighted by molar-refractivity contribution is 0.869. The predicted octanol–water partition coefficient (Wildman–Crippen LogP) is 13.7. The molecule has 274 valence electrons. The van der Waals surface area contributed by atoms with Gasteiger partial charge in [0.25, 0.3) is 0 Å². The van der Waals surface area contributed by atoms with Crippen LogP contribution >= 0.6 is 11.3 Å². The van der Waals surface area contributed by atoms with Crippen molar-refractivity contribution in [3.8, 4) is 45.3 Å². The van der Waals surface area contributed by atoms with Gasteiger partial charge in [-0.25, -0.2) is 15.0 Å². The second-order valence-electron chi connectivity index (χ2n) is 14.8. The highest BCUT2D eigenvalue weighted by molar-refractivity contribution is 7.26. The van der Waals surface area contributed by atoms with Crippen LogP contribution in [0.25, 0.3) is 87.3 Å². The molecule has 0 spiro atoms. The summed E-state index contributed by atoms with van der Waals surface area (Å²) < 4.78 is 4.86. The Labute approximate surface area is 340 Å². The van der Waals surface area contributed by atoms with Gasteiger partial charge in [-0.2, -0.15) is 0 Å². The molecule has 11 rings (SSSR count). The number of hydrogen-bond acceptors (Lipinski definition) is 4. The minimum Gasteiger partial charge on any atom is -0.336 e. The van der Waals surface area contributed by atoms with E-state index in [0.717, 1.165) is 35.2 Å². The Morgan fingerprint density at radius 3 is 1.67 bits per heavy atom. The summed E-state index contributed by atoms with van der Waals surface area (Å²) in [6.45, 7) is 0.807. The van der Waals surface area contributed by atoms with Gasteiger partial charge in [-0.15, -0.1) is 11.3 Å². The molecule has 11 aromatic rings. The Morgan fingerprint density at radius 1 is 0.379 bits per heavy atom.